The number of hydrogen-bond donors (Lipinski definition) is 2. The molecule has 0 bridgehead atoms. The molecule has 1 aliphatic heterocycles. The van der Waals surface area contributed by atoms with Crippen molar-refractivity contribution in [2.24, 2.45) is 5.92 Å². The zero-order chi connectivity index (χ0) is 16.8. The van der Waals surface area contributed by atoms with E-state index in [-0.39, 0.29) is 5.91 Å². The van der Waals surface area contributed by atoms with E-state index < -0.39 is 6.10 Å². The molecule has 4 heteroatoms. The summed E-state index contributed by atoms with van der Waals surface area (Å²) in [6.45, 7) is 4.71. The van der Waals surface area contributed by atoms with Gasteiger partial charge in [0.2, 0.25) is 6.10 Å². The summed E-state index contributed by atoms with van der Waals surface area (Å²) < 4.78 is 6.14. The lowest BCUT2D eigenvalue weighted by Gasteiger charge is -2.28. The third-order valence-electron chi connectivity index (χ3n) is 4.37. The van der Waals surface area contributed by atoms with E-state index in [9.17, 15) is 4.79 Å². The highest BCUT2D eigenvalue weighted by Gasteiger charge is 2.25. The van der Waals surface area contributed by atoms with Gasteiger partial charge in [-0.25, -0.2) is 0 Å². The van der Waals surface area contributed by atoms with Crippen molar-refractivity contribution in [1.29, 1.82) is 0 Å². The fourth-order valence-electron chi connectivity index (χ4n) is 2.77. The first kappa shape index (κ1) is 16.5. The van der Waals surface area contributed by atoms with Crippen LogP contribution >= 0.6 is 0 Å². The van der Waals surface area contributed by atoms with E-state index in [0.717, 1.165) is 36.4 Å². The van der Waals surface area contributed by atoms with Crippen molar-refractivity contribution in [3.63, 3.8) is 0 Å². The van der Waals surface area contributed by atoms with Crippen LogP contribution in [0.1, 0.15) is 24.2 Å². The molecule has 1 heterocycles. The highest BCUT2D eigenvalue weighted by Crippen LogP contribution is 2.26. The minimum Gasteiger partial charge on any atom is -0.476 e. The summed E-state index contributed by atoms with van der Waals surface area (Å²) in [6.07, 6.45) is 0.236. The molecule has 1 atom stereocenters. The predicted molar refractivity (Wildman–Crippen MR) is 95.0 cm³/mol. The molecule has 3 rings (SSSR count). The number of hydrogen-bond acceptors (Lipinski definition) is 3. The molecule has 1 saturated heterocycles. The molecule has 0 radical (unpaired) electrons. The second-order valence-electron chi connectivity index (χ2n) is 6.14. The number of benzene rings is 2. The minimum atomic E-state index is -0.632. The van der Waals surface area contributed by atoms with E-state index in [1.807, 2.05) is 54.6 Å². The van der Waals surface area contributed by atoms with Crippen molar-refractivity contribution in [2.45, 2.75) is 19.4 Å². The Bertz CT molecular complexity index is 668. The van der Waals surface area contributed by atoms with E-state index in [1.165, 1.54) is 0 Å². The number of carbonyl (C=O) groups excluding carboxylic acids is 1. The molecule has 2 aromatic carbocycles. The maximum atomic E-state index is 12.7. The lowest BCUT2D eigenvalue weighted by Crippen LogP contribution is -2.49. The molecule has 1 amide bonds. The number of amides is 1. The molecule has 1 aliphatic rings. The topological polar surface area (TPSA) is 50.4 Å². The lowest BCUT2D eigenvalue weighted by molar-refractivity contribution is -0.128. The smallest absolute Gasteiger partial charge is 0.265 e. The molecular formula is C20H24N2O2. The average molecular weight is 324 g/mol. The monoisotopic (exact) mass is 324 g/mol. The van der Waals surface area contributed by atoms with Gasteiger partial charge < -0.3 is 15.4 Å². The molecular weight excluding hydrogens is 300 g/mol. The predicted octanol–water partition coefficient (Wildman–Crippen LogP) is 2.70. The van der Waals surface area contributed by atoms with Crippen molar-refractivity contribution in [3.05, 3.63) is 65.7 Å². The van der Waals surface area contributed by atoms with Gasteiger partial charge in [-0.2, -0.15) is 0 Å². The van der Waals surface area contributed by atoms with Crippen LogP contribution in [-0.2, 0) is 11.2 Å². The highest BCUT2D eigenvalue weighted by molar-refractivity contribution is 5.82. The van der Waals surface area contributed by atoms with Crippen LogP contribution in [0.15, 0.2) is 54.6 Å². The Morgan fingerprint density at radius 2 is 1.88 bits per heavy atom. The van der Waals surface area contributed by atoms with Crippen molar-refractivity contribution >= 4 is 5.91 Å². The maximum Gasteiger partial charge on any atom is 0.265 e. The largest absolute Gasteiger partial charge is 0.476 e. The molecule has 0 aliphatic carbocycles. The lowest BCUT2D eigenvalue weighted by atomic mass is 10.0. The summed E-state index contributed by atoms with van der Waals surface area (Å²) >= 11 is 0. The van der Waals surface area contributed by atoms with Crippen molar-refractivity contribution in [1.82, 2.24) is 10.6 Å². The first-order valence-electron chi connectivity index (χ1n) is 8.56. The first-order valence-corrected chi connectivity index (χ1v) is 8.56. The Morgan fingerprint density at radius 3 is 2.54 bits per heavy atom. The maximum absolute atomic E-state index is 12.7. The fourth-order valence-corrected chi connectivity index (χ4v) is 2.77. The van der Waals surface area contributed by atoms with Gasteiger partial charge in [0.05, 0.1) is 0 Å². The number of rotatable bonds is 7. The van der Waals surface area contributed by atoms with Crippen LogP contribution in [0, 0.1) is 5.92 Å². The van der Waals surface area contributed by atoms with Gasteiger partial charge >= 0.3 is 0 Å². The van der Waals surface area contributed by atoms with E-state index in [2.05, 4.69) is 17.6 Å². The summed E-state index contributed by atoms with van der Waals surface area (Å²) in [4.78, 5) is 12.7. The Kier molecular flexibility index (Phi) is 5.49. The van der Waals surface area contributed by atoms with E-state index in [0.29, 0.717) is 12.5 Å². The second kappa shape index (κ2) is 7.97. The molecule has 1 unspecified atom stereocenters. The first-order chi connectivity index (χ1) is 11.8. The van der Waals surface area contributed by atoms with Crippen molar-refractivity contribution in [2.75, 3.05) is 19.6 Å². The molecule has 0 spiro atoms. The van der Waals surface area contributed by atoms with Gasteiger partial charge in [0.25, 0.3) is 5.91 Å². The van der Waals surface area contributed by atoms with E-state index >= 15 is 0 Å². The number of carbonyl (C=O) groups is 1. The molecule has 2 aromatic rings. The zero-order valence-corrected chi connectivity index (χ0v) is 14.0. The number of nitrogens with one attached hydrogen (secondary N) is 2. The van der Waals surface area contributed by atoms with Gasteiger partial charge in [-0.15, -0.1) is 0 Å². The Balaban J connectivity index is 1.77. The third-order valence-corrected chi connectivity index (χ3v) is 4.37. The molecule has 126 valence electrons. The highest BCUT2D eigenvalue weighted by atomic mass is 16.5. The second-order valence-corrected chi connectivity index (χ2v) is 6.14. The minimum absolute atomic E-state index is 0.0843. The summed E-state index contributed by atoms with van der Waals surface area (Å²) in [5.41, 5.74) is 1.97. The number of aryl methyl sites for hydroxylation is 1. The molecule has 24 heavy (non-hydrogen) atoms. The average Bonchev–Trinajstić information content (AvgIpc) is 2.59. The van der Waals surface area contributed by atoms with Gasteiger partial charge in [0, 0.05) is 31.1 Å². The zero-order valence-electron chi connectivity index (χ0n) is 14.0. The quantitative estimate of drug-likeness (QED) is 0.823. The molecule has 2 N–H and O–H groups in total. The summed E-state index contributed by atoms with van der Waals surface area (Å²) in [7, 11) is 0. The Hall–Kier alpha value is -2.33. The van der Waals surface area contributed by atoms with Crippen LogP contribution in [0.4, 0.5) is 0 Å². The van der Waals surface area contributed by atoms with Crippen LogP contribution in [-0.4, -0.2) is 25.5 Å². The summed E-state index contributed by atoms with van der Waals surface area (Å²) in [5.74, 6) is 1.21. The van der Waals surface area contributed by atoms with Crippen LogP contribution in [0.2, 0.25) is 0 Å². The standard InChI is InChI=1S/C20H24N2O2/c1-2-16-8-6-7-11-18(16)24-19(17-9-4-3-5-10-17)20(23)22-14-15-12-21-13-15/h3-11,15,19,21H,2,12-14H2,1H3,(H,22,23). The molecule has 1 fully saturated rings. The number of para-hydroxylation sites is 1. The van der Waals surface area contributed by atoms with Gasteiger partial charge in [0.1, 0.15) is 5.75 Å². The van der Waals surface area contributed by atoms with Gasteiger partial charge in [-0.3, -0.25) is 4.79 Å². The van der Waals surface area contributed by atoms with Gasteiger partial charge in [0.15, 0.2) is 0 Å². The van der Waals surface area contributed by atoms with Gasteiger partial charge in [-0.05, 0) is 18.1 Å². The summed E-state index contributed by atoms with van der Waals surface area (Å²) in [5, 5.41) is 6.26. The van der Waals surface area contributed by atoms with E-state index in [4.69, 9.17) is 4.74 Å². The van der Waals surface area contributed by atoms with Crippen LogP contribution in [0.3, 0.4) is 0 Å². The van der Waals surface area contributed by atoms with Crippen molar-refractivity contribution < 1.29 is 9.53 Å². The fraction of sp³-hybridized carbons (Fsp3) is 0.350. The normalized spacial score (nSPS) is 15.4. The third kappa shape index (κ3) is 3.95. The SMILES string of the molecule is CCc1ccccc1OC(C(=O)NCC1CNC1)c1ccccc1. The van der Waals surface area contributed by atoms with Crippen LogP contribution in [0.5, 0.6) is 5.75 Å². The number of ether oxygens (including phenoxy) is 1. The Morgan fingerprint density at radius 1 is 1.17 bits per heavy atom. The Labute approximate surface area is 143 Å². The molecule has 4 nitrogen and oxygen atoms in total. The van der Waals surface area contributed by atoms with E-state index in [1.54, 1.807) is 0 Å². The molecule has 0 aromatic heterocycles. The molecule has 0 saturated carbocycles. The van der Waals surface area contributed by atoms with Crippen molar-refractivity contribution in [3.8, 4) is 5.75 Å². The van der Waals surface area contributed by atoms with Crippen LogP contribution < -0.4 is 15.4 Å². The van der Waals surface area contributed by atoms with Gasteiger partial charge in [-0.1, -0.05) is 55.5 Å². The summed E-state index contributed by atoms with van der Waals surface area (Å²) in [6, 6.07) is 17.6. The van der Waals surface area contributed by atoms with Crippen LogP contribution in [0.25, 0.3) is 0 Å².